The lowest BCUT2D eigenvalue weighted by atomic mass is 9.94. The second-order valence-corrected chi connectivity index (χ2v) is 5.90. The van der Waals surface area contributed by atoms with Crippen LogP contribution in [0.25, 0.3) is 0 Å². The second-order valence-electron chi connectivity index (χ2n) is 5.49. The highest BCUT2D eigenvalue weighted by molar-refractivity contribution is 6.30. The number of halogens is 2. The lowest BCUT2D eigenvalue weighted by molar-refractivity contribution is 0.0250. The van der Waals surface area contributed by atoms with Crippen LogP contribution in [-0.4, -0.2) is 17.3 Å². The van der Waals surface area contributed by atoms with Crippen LogP contribution in [0.15, 0.2) is 18.2 Å². The summed E-state index contributed by atoms with van der Waals surface area (Å²) in [6, 6.07) is 4.71. The Bertz CT molecular complexity index is 417. The van der Waals surface area contributed by atoms with E-state index in [2.05, 4.69) is 5.32 Å². The van der Waals surface area contributed by atoms with Crippen LogP contribution in [0.3, 0.4) is 0 Å². The van der Waals surface area contributed by atoms with Crippen molar-refractivity contribution < 1.29 is 9.50 Å². The van der Waals surface area contributed by atoms with Crippen molar-refractivity contribution in [3.05, 3.63) is 34.6 Å². The lowest BCUT2D eigenvalue weighted by Gasteiger charge is -2.27. The molecular weight excluding hydrogens is 265 g/mol. The maximum atomic E-state index is 13.0. The van der Waals surface area contributed by atoms with Gasteiger partial charge in [0.15, 0.2) is 0 Å². The minimum Gasteiger partial charge on any atom is -0.389 e. The summed E-state index contributed by atoms with van der Waals surface area (Å²) in [5.74, 6) is -0.396. The summed E-state index contributed by atoms with van der Waals surface area (Å²) in [5, 5.41) is 13.9. The Kier molecular flexibility index (Phi) is 5.20. The van der Waals surface area contributed by atoms with Crippen molar-refractivity contribution in [2.24, 2.45) is 0 Å². The first kappa shape index (κ1) is 14.8. The molecule has 0 heterocycles. The van der Waals surface area contributed by atoms with Gasteiger partial charge in [0.25, 0.3) is 0 Å². The molecule has 1 fully saturated rings. The molecule has 19 heavy (non-hydrogen) atoms. The van der Waals surface area contributed by atoms with Gasteiger partial charge in [-0.3, -0.25) is 0 Å². The van der Waals surface area contributed by atoms with Crippen molar-refractivity contribution >= 4 is 11.6 Å². The summed E-state index contributed by atoms with van der Waals surface area (Å²) in [6.45, 7) is 1.18. The van der Waals surface area contributed by atoms with Crippen molar-refractivity contribution in [3.8, 4) is 0 Å². The monoisotopic (exact) mass is 285 g/mol. The highest BCUT2D eigenvalue weighted by atomic mass is 35.5. The van der Waals surface area contributed by atoms with E-state index in [4.69, 9.17) is 11.6 Å². The molecular formula is C15H21ClFNO. The maximum absolute atomic E-state index is 13.0. The Labute approximate surface area is 119 Å². The normalized spacial score (nSPS) is 19.1. The van der Waals surface area contributed by atoms with Gasteiger partial charge in [-0.1, -0.05) is 43.4 Å². The molecule has 0 aliphatic heterocycles. The molecule has 0 radical (unpaired) electrons. The molecule has 0 spiro atoms. The highest BCUT2D eigenvalue weighted by Crippen LogP contribution is 2.26. The summed E-state index contributed by atoms with van der Waals surface area (Å²) in [7, 11) is 0. The number of nitrogens with one attached hydrogen (secondary N) is 1. The van der Waals surface area contributed by atoms with Crippen LogP contribution in [0.4, 0.5) is 4.39 Å². The van der Waals surface area contributed by atoms with E-state index in [1.807, 2.05) is 0 Å². The molecule has 1 saturated carbocycles. The molecule has 0 bridgehead atoms. The Morgan fingerprint density at radius 1 is 1.21 bits per heavy atom. The minimum absolute atomic E-state index is 0.146. The largest absolute Gasteiger partial charge is 0.389 e. The van der Waals surface area contributed by atoms with Crippen molar-refractivity contribution in [2.45, 2.75) is 50.7 Å². The van der Waals surface area contributed by atoms with E-state index >= 15 is 0 Å². The average molecular weight is 286 g/mol. The Balaban J connectivity index is 1.83. The van der Waals surface area contributed by atoms with Gasteiger partial charge in [0.05, 0.1) is 10.6 Å². The minimum atomic E-state index is -0.583. The third-order valence-electron chi connectivity index (χ3n) is 3.80. The summed E-state index contributed by atoms with van der Waals surface area (Å²) in [5.41, 5.74) is 0.351. The summed E-state index contributed by atoms with van der Waals surface area (Å²) in [4.78, 5) is 0. The van der Waals surface area contributed by atoms with Gasteiger partial charge in [0.1, 0.15) is 5.82 Å². The zero-order chi connectivity index (χ0) is 13.7. The van der Waals surface area contributed by atoms with Crippen LogP contribution in [-0.2, 0) is 6.54 Å². The van der Waals surface area contributed by atoms with E-state index in [0.29, 0.717) is 13.1 Å². The highest BCUT2D eigenvalue weighted by Gasteiger charge is 2.27. The van der Waals surface area contributed by atoms with Crippen molar-refractivity contribution in [1.29, 1.82) is 0 Å². The Morgan fingerprint density at radius 2 is 1.89 bits per heavy atom. The molecule has 4 heteroatoms. The van der Waals surface area contributed by atoms with Gasteiger partial charge in [0.2, 0.25) is 0 Å². The molecule has 2 nitrogen and oxygen atoms in total. The smallest absolute Gasteiger partial charge is 0.141 e. The molecule has 1 aromatic carbocycles. The number of hydrogen-bond donors (Lipinski definition) is 2. The molecule has 1 aliphatic carbocycles. The molecule has 0 amide bonds. The average Bonchev–Trinajstić information content (AvgIpc) is 2.59. The molecule has 0 atom stereocenters. The standard InChI is InChI=1S/C15H21ClFNO/c16-13-9-12(5-6-14(13)17)10-18-11-15(19)7-3-1-2-4-8-15/h5-6,9,18-19H,1-4,7-8,10-11H2. The van der Waals surface area contributed by atoms with Crippen LogP contribution in [0.5, 0.6) is 0 Å². The third kappa shape index (κ3) is 4.44. The molecule has 2 rings (SSSR count). The first-order valence-corrected chi connectivity index (χ1v) is 7.34. The van der Waals surface area contributed by atoms with Gasteiger partial charge in [-0.15, -0.1) is 0 Å². The molecule has 0 aromatic heterocycles. The number of hydrogen-bond acceptors (Lipinski definition) is 2. The lowest BCUT2D eigenvalue weighted by Crippen LogP contribution is -2.39. The van der Waals surface area contributed by atoms with E-state index in [-0.39, 0.29) is 5.02 Å². The Hall–Kier alpha value is -0.640. The van der Waals surface area contributed by atoms with E-state index in [1.165, 1.54) is 18.9 Å². The Morgan fingerprint density at radius 3 is 2.53 bits per heavy atom. The van der Waals surface area contributed by atoms with Gasteiger partial charge < -0.3 is 10.4 Å². The van der Waals surface area contributed by atoms with Crippen molar-refractivity contribution in [2.75, 3.05) is 6.54 Å². The van der Waals surface area contributed by atoms with Gasteiger partial charge in [-0.05, 0) is 30.5 Å². The van der Waals surface area contributed by atoms with Crippen LogP contribution in [0.2, 0.25) is 5.02 Å². The first-order chi connectivity index (χ1) is 9.09. The molecule has 2 N–H and O–H groups in total. The fourth-order valence-electron chi connectivity index (χ4n) is 2.65. The van der Waals surface area contributed by atoms with Crippen LogP contribution >= 0.6 is 11.6 Å². The summed E-state index contributed by atoms with van der Waals surface area (Å²) >= 11 is 5.74. The molecule has 0 saturated heterocycles. The van der Waals surface area contributed by atoms with E-state index in [1.54, 1.807) is 12.1 Å². The molecule has 1 aromatic rings. The number of rotatable bonds is 4. The van der Waals surface area contributed by atoms with Gasteiger partial charge >= 0.3 is 0 Å². The van der Waals surface area contributed by atoms with E-state index in [0.717, 1.165) is 31.2 Å². The number of aliphatic hydroxyl groups is 1. The maximum Gasteiger partial charge on any atom is 0.141 e. The fraction of sp³-hybridized carbons (Fsp3) is 0.600. The SMILES string of the molecule is OC1(CNCc2ccc(F)c(Cl)c2)CCCCCC1. The fourth-order valence-corrected chi connectivity index (χ4v) is 2.86. The zero-order valence-corrected chi connectivity index (χ0v) is 11.8. The van der Waals surface area contributed by atoms with Crippen molar-refractivity contribution in [3.63, 3.8) is 0 Å². The van der Waals surface area contributed by atoms with Crippen LogP contribution < -0.4 is 5.32 Å². The summed E-state index contributed by atoms with van der Waals surface area (Å²) < 4.78 is 13.0. The molecule has 106 valence electrons. The third-order valence-corrected chi connectivity index (χ3v) is 4.09. The van der Waals surface area contributed by atoms with E-state index in [9.17, 15) is 9.50 Å². The topological polar surface area (TPSA) is 32.3 Å². The molecule has 0 unspecified atom stereocenters. The first-order valence-electron chi connectivity index (χ1n) is 6.96. The zero-order valence-electron chi connectivity index (χ0n) is 11.1. The van der Waals surface area contributed by atoms with Crippen molar-refractivity contribution in [1.82, 2.24) is 5.32 Å². The van der Waals surface area contributed by atoms with Gasteiger partial charge in [-0.2, -0.15) is 0 Å². The van der Waals surface area contributed by atoms with Crippen LogP contribution in [0.1, 0.15) is 44.1 Å². The van der Waals surface area contributed by atoms with E-state index < -0.39 is 11.4 Å². The van der Waals surface area contributed by atoms with Gasteiger partial charge in [-0.25, -0.2) is 4.39 Å². The number of benzene rings is 1. The quantitative estimate of drug-likeness (QED) is 0.828. The van der Waals surface area contributed by atoms with Crippen LogP contribution in [0, 0.1) is 5.82 Å². The predicted octanol–water partition coefficient (Wildman–Crippen LogP) is 3.65. The summed E-state index contributed by atoms with van der Waals surface area (Å²) in [6.07, 6.45) is 6.36. The predicted molar refractivity (Wildman–Crippen MR) is 75.8 cm³/mol. The second kappa shape index (κ2) is 6.69. The molecule has 1 aliphatic rings. The van der Waals surface area contributed by atoms with Gasteiger partial charge in [0, 0.05) is 13.1 Å².